The van der Waals surface area contributed by atoms with Crippen LogP contribution in [0.15, 0.2) is 0 Å². The van der Waals surface area contributed by atoms with Crippen molar-refractivity contribution in [1.29, 1.82) is 0 Å². The van der Waals surface area contributed by atoms with Crippen molar-refractivity contribution >= 4 is 12.6 Å². The van der Waals surface area contributed by atoms with Crippen molar-refractivity contribution in [3.05, 3.63) is 0 Å². The average Bonchev–Trinajstić information content (AvgIpc) is 2.29. The molecule has 3 N–H and O–H groups in total. The summed E-state index contributed by atoms with van der Waals surface area (Å²) in [6.07, 6.45) is 5.89. The minimum absolute atomic E-state index is 0.660. The number of thiol groups is 1. The lowest BCUT2D eigenvalue weighted by Gasteiger charge is -2.28. The standard InChI is InChI=1S/C13H30N2OS/c1-4-6-8-12(5-2)11-15-13(3,16)14-9-7-10-17/h12,14-17H,4-11H2,1-3H3. The maximum absolute atomic E-state index is 10.1. The summed E-state index contributed by atoms with van der Waals surface area (Å²) in [6, 6.07) is 0. The third kappa shape index (κ3) is 9.89. The Morgan fingerprint density at radius 3 is 2.47 bits per heavy atom. The average molecular weight is 262 g/mol. The summed E-state index contributed by atoms with van der Waals surface area (Å²) in [4.78, 5) is 0. The molecule has 17 heavy (non-hydrogen) atoms. The van der Waals surface area contributed by atoms with Crippen molar-refractivity contribution in [2.75, 3.05) is 18.8 Å². The molecule has 0 saturated heterocycles. The van der Waals surface area contributed by atoms with Crippen LogP contribution in [0.2, 0.25) is 0 Å². The van der Waals surface area contributed by atoms with E-state index in [1.807, 2.05) is 0 Å². The fourth-order valence-corrected chi connectivity index (χ4v) is 1.92. The second-order valence-corrected chi connectivity index (χ2v) is 5.32. The van der Waals surface area contributed by atoms with Crippen LogP contribution in [0, 0.1) is 5.92 Å². The molecule has 0 rings (SSSR count). The molecule has 0 saturated carbocycles. The molecule has 0 aliphatic rings. The molecule has 0 heterocycles. The van der Waals surface area contributed by atoms with Crippen molar-refractivity contribution < 1.29 is 5.11 Å². The Morgan fingerprint density at radius 1 is 1.24 bits per heavy atom. The highest BCUT2D eigenvalue weighted by molar-refractivity contribution is 7.80. The van der Waals surface area contributed by atoms with Crippen LogP contribution in [0.3, 0.4) is 0 Å². The SMILES string of the molecule is CCCCC(CC)CNC(C)(O)NCCCS. The highest BCUT2D eigenvalue weighted by atomic mass is 32.1. The van der Waals surface area contributed by atoms with Crippen LogP contribution in [0.25, 0.3) is 0 Å². The molecule has 0 aliphatic heterocycles. The van der Waals surface area contributed by atoms with Gasteiger partial charge in [-0.3, -0.25) is 10.6 Å². The van der Waals surface area contributed by atoms with Crippen LogP contribution < -0.4 is 10.6 Å². The molecule has 0 amide bonds. The highest BCUT2D eigenvalue weighted by Crippen LogP contribution is 2.12. The van der Waals surface area contributed by atoms with E-state index in [0.29, 0.717) is 5.92 Å². The fourth-order valence-electron chi connectivity index (χ4n) is 1.76. The van der Waals surface area contributed by atoms with Gasteiger partial charge in [0.25, 0.3) is 0 Å². The quantitative estimate of drug-likeness (QED) is 0.263. The molecular formula is C13H30N2OS. The molecule has 0 aromatic heterocycles. The number of aliphatic hydroxyl groups is 1. The molecule has 0 spiro atoms. The van der Waals surface area contributed by atoms with Crippen LogP contribution in [-0.2, 0) is 0 Å². The van der Waals surface area contributed by atoms with Crippen LogP contribution in [0.4, 0.5) is 0 Å². The van der Waals surface area contributed by atoms with Gasteiger partial charge >= 0.3 is 0 Å². The van der Waals surface area contributed by atoms with Crippen LogP contribution in [0.1, 0.15) is 52.9 Å². The molecule has 2 unspecified atom stereocenters. The molecular weight excluding hydrogens is 232 g/mol. The van der Waals surface area contributed by atoms with Gasteiger partial charge in [-0.2, -0.15) is 12.6 Å². The molecule has 2 atom stereocenters. The van der Waals surface area contributed by atoms with Crippen LogP contribution in [0.5, 0.6) is 0 Å². The third-order valence-corrected chi connectivity index (χ3v) is 3.40. The Balaban J connectivity index is 3.79. The third-order valence-electron chi connectivity index (χ3n) is 3.08. The Kier molecular flexibility index (Phi) is 10.3. The lowest BCUT2D eigenvalue weighted by atomic mass is 9.99. The first-order chi connectivity index (χ1) is 8.05. The largest absolute Gasteiger partial charge is 0.363 e. The first-order valence-electron chi connectivity index (χ1n) is 6.89. The van der Waals surface area contributed by atoms with E-state index in [4.69, 9.17) is 0 Å². The second kappa shape index (κ2) is 10.2. The number of nitrogens with one attached hydrogen (secondary N) is 2. The molecule has 0 fully saturated rings. The van der Waals surface area contributed by atoms with Gasteiger partial charge in [0.2, 0.25) is 0 Å². The zero-order chi connectivity index (χ0) is 13.1. The summed E-state index contributed by atoms with van der Waals surface area (Å²) < 4.78 is 0. The first kappa shape index (κ1) is 17.2. The van der Waals surface area contributed by atoms with Crippen LogP contribution >= 0.6 is 12.6 Å². The summed E-state index contributed by atoms with van der Waals surface area (Å²) >= 11 is 4.15. The van der Waals surface area contributed by atoms with Crippen molar-refractivity contribution in [1.82, 2.24) is 10.6 Å². The zero-order valence-electron chi connectivity index (χ0n) is 11.6. The monoisotopic (exact) mass is 262 g/mol. The van der Waals surface area contributed by atoms with Crippen LogP contribution in [-0.4, -0.2) is 29.8 Å². The predicted molar refractivity (Wildman–Crippen MR) is 78.4 cm³/mol. The van der Waals surface area contributed by atoms with Gasteiger partial charge in [0.05, 0.1) is 0 Å². The first-order valence-corrected chi connectivity index (χ1v) is 7.52. The number of rotatable bonds is 11. The van der Waals surface area contributed by atoms with Gasteiger partial charge in [0.15, 0.2) is 5.85 Å². The smallest absolute Gasteiger partial charge is 0.168 e. The van der Waals surface area contributed by atoms with Crippen molar-refractivity contribution in [3.8, 4) is 0 Å². The predicted octanol–water partition coefficient (Wildman–Crippen LogP) is 2.37. The lowest BCUT2D eigenvalue weighted by Crippen LogP contribution is -2.55. The van der Waals surface area contributed by atoms with E-state index in [1.54, 1.807) is 6.92 Å². The zero-order valence-corrected chi connectivity index (χ0v) is 12.5. The van der Waals surface area contributed by atoms with Gasteiger partial charge in [-0.25, -0.2) is 0 Å². The lowest BCUT2D eigenvalue weighted by molar-refractivity contribution is -0.0131. The minimum atomic E-state index is -0.956. The van der Waals surface area contributed by atoms with Gasteiger partial charge in [-0.05, 0) is 38.0 Å². The molecule has 3 nitrogen and oxygen atoms in total. The maximum Gasteiger partial charge on any atom is 0.168 e. The molecule has 0 aliphatic carbocycles. The van der Waals surface area contributed by atoms with E-state index in [2.05, 4.69) is 37.1 Å². The van der Waals surface area contributed by atoms with E-state index < -0.39 is 5.85 Å². The number of unbranched alkanes of at least 4 members (excludes halogenated alkanes) is 1. The molecule has 0 radical (unpaired) electrons. The van der Waals surface area contributed by atoms with Crippen molar-refractivity contribution in [2.24, 2.45) is 5.92 Å². The van der Waals surface area contributed by atoms with Gasteiger partial charge in [0.1, 0.15) is 0 Å². The Labute approximate surface area is 112 Å². The topological polar surface area (TPSA) is 44.3 Å². The molecule has 104 valence electrons. The van der Waals surface area contributed by atoms with E-state index in [-0.39, 0.29) is 0 Å². The van der Waals surface area contributed by atoms with Crippen molar-refractivity contribution in [2.45, 2.75) is 58.7 Å². The Hall–Kier alpha value is 0.230. The Bertz CT molecular complexity index is 177. The summed E-state index contributed by atoms with van der Waals surface area (Å²) in [5, 5.41) is 16.4. The van der Waals surface area contributed by atoms with E-state index >= 15 is 0 Å². The van der Waals surface area contributed by atoms with E-state index in [0.717, 1.165) is 25.3 Å². The van der Waals surface area contributed by atoms with E-state index in [1.165, 1.54) is 25.7 Å². The Morgan fingerprint density at radius 2 is 1.94 bits per heavy atom. The fraction of sp³-hybridized carbons (Fsp3) is 1.00. The summed E-state index contributed by atoms with van der Waals surface area (Å²) in [5.74, 6) is 0.549. The minimum Gasteiger partial charge on any atom is -0.363 e. The van der Waals surface area contributed by atoms with Gasteiger partial charge < -0.3 is 5.11 Å². The highest BCUT2D eigenvalue weighted by Gasteiger charge is 2.19. The van der Waals surface area contributed by atoms with E-state index in [9.17, 15) is 5.11 Å². The summed E-state index contributed by atoms with van der Waals surface area (Å²) in [5.41, 5.74) is 0. The van der Waals surface area contributed by atoms with Gasteiger partial charge in [-0.1, -0.05) is 33.1 Å². The molecule has 0 aromatic rings. The van der Waals surface area contributed by atoms with Crippen molar-refractivity contribution in [3.63, 3.8) is 0 Å². The summed E-state index contributed by atoms with van der Waals surface area (Å²) in [6.45, 7) is 7.87. The number of hydrogen-bond donors (Lipinski definition) is 4. The molecule has 4 heteroatoms. The van der Waals surface area contributed by atoms with Gasteiger partial charge in [0, 0.05) is 6.54 Å². The molecule has 0 bridgehead atoms. The second-order valence-electron chi connectivity index (χ2n) is 4.87. The normalized spacial score (nSPS) is 16.8. The molecule has 0 aromatic carbocycles. The number of hydrogen-bond acceptors (Lipinski definition) is 4. The van der Waals surface area contributed by atoms with Gasteiger partial charge in [-0.15, -0.1) is 0 Å². The maximum atomic E-state index is 10.1. The summed E-state index contributed by atoms with van der Waals surface area (Å²) in [7, 11) is 0.